The van der Waals surface area contributed by atoms with Crippen molar-refractivity contribution in [3.63, 3.8) is 0 Å². The molecule has 2 nitrogen and oxygen atoms in total. The standard InChI is InChI=1S/C13H27NO/c1-4-12-5-7-13(8-6-12)14(3)9-11(2)10-15/h11-13,15H,4-10H2,1-3H3. The van der Waals surface area contributed by atoms with Crippen LogP contribution < -0.4 is 0 Å². The van der Waals surface area contributed by atoms with E-state index in [1.54, 1.807) is 0 Å². The zero-order valence-electron chi connectivity index (χ0n) is 10.6. The number of aliphatic hydroxyl groups is 1. The molecule has 0 aliphatic heterocycles. The highest BCUT2D eigenvalue weighted by molar-refractivity contribution is 4.78. The van der Waals surface area contributed by atoms with E-state index in [1.807, 2.05) is 0 Å². The highest BCUT2D eigenvalue weighted by Crippen LogP contribution is 2.29. The number of aliphatic hydroxyl groups excluding tert-OH is 1. The van der Waals surface area contributed by atoms with Crippen LogP contribution in [0.4, 0.5) is 0 Å². The fourth-order valence-electron chi connectivity index (χ4n) is 2.69. The molecule has 1 aliphatic carbocycles. The summed E-state index contributed by atoms with van der Waals surface area (Å²) >= 11 is 0. The van der Waals surface area contributed by atoms with E-state index in [-0.39, 0.29) is 0 Å². The summed E-state index contributed by atoms with van der Waals surface area (Å²) in [7, 11) is 2.21. The Hall–Kier alpha value is -0.0800. The van der Waals surface area contributed by atoms with Crippen LogP contribution in [0.15, 0.2) is 0 Å². The number of hydrogen-bond donors (Lipinski definition) is 1. The lowest BCUT2D eigenvalue weighted by Gasteiger charge is -2.35. The topological polar surface area (TPSA) is 23.5 Å². The van der Waals surface area contributed by atoms with Crippen LogP contribution in [0.1, 0.15) is 46.0 Å². The summed E-state index contributed by atoms with van der Waals surface area (Å²) in [6.07, 6.45) is 6.86. The monoisotopic (exact) mass is 213 g/mol. The second-order valence-electron chi connectivity index (χ2n) is 5.31. The van der Waals surface area contributed by atoms with Gasteiger partial charge in [-0.2, -0.15) is 0 Å². The van der Waals surface area contributed by atoms with E-state index in [0.29, 0.717) is 12.5 Å². The Bertz CT molecular complexity index is 164. The van der Waals surface area contributed by atoms with Crippen molar-refractivity contribution in [2.75, 3.05) is 20.2 Å². The maximum absolute atomic E-state index is 9.04. The minimum absolute atomic E-state index is 0.314. The molecule has 0 saturated heterocycles. The van der Waals surface area contributed by atoms with E-state index in [1.165, 1.54) is 32.1 Å². The van der Waals surface area contributed by atoms with Gasteiger partial charge in [0.15, 0.2) is 0 Å². The largest absolute Gasteiger partial charge is 0.396 e. The van der Waals surface area contributed by atoms with Gasteiger partial charge >= 0.3 is 0 Å². The van der Waals surface area contributed by atoms with Gasteiger partial charge in [0.2, 0.25) is 0 Å². The molecule has 0 amide bonds. The predicted molar refractivity (Wildman–Crippen MR) is 64.9 cm³/mol. The Morgan fingerprint density at radius 3 is 2.33 bits per heavy atom. The van der Waals surface area contributed by atoms with Crippen molar-refractivity contribution in [2.45, 2.75) is 52.0 Å². The van der Waals surface area contributed by atoms with Gasteiger partial charge in [-0.1, -0.05) is 20.3 Å². The highest BCUT2D eigenvalue weighted by Gasteiger charge is 2.23. The van der Waals surface area contributed by atoms with Crippen LogP contribution in [0.5, 0.6) is 0 Å². The van der Waals surface area contributed by atoms with Gasteiger partial charge in [-0.25, -0.2) is 0 Å². The molecule has 0 aromatic heterocycles. The second kappa shape index (κ2) is 6.49. The number of nitrogens with zero attached hydrogens (tertiary/aromatic N) is 1. The van der Waals surface area contributed by atoms with Crippen molar-refractivity contribution in [2.24, 2.45) is 11.8 Å². The van der Waals surface area contributed by atoms with E-state index in [2.05, 4.69) is 25.8 Å². The van der Waals surface area contributed by atoms with Crippen LogP contribution in [0, 0.1) is 11.8 Å². The quantitative estimate of drug-likeness (QED) is 0.758. The Labute approximate surface area is 94.7 Å². The minimum atomic E-state index is 0.314. The lowest BCUT2D eigenvalue weighted by atomic mass is 9.84. The molecule has 0 aromatic carbocycles. The Morgan fingerprint density at radius 1 is 1.27 bits per heavy atom. The summed E-state index contributed by atoms with van der Waals surface area (Å²) in [6, 6.07) is 0.766. The third-order valence-electron chi connectivity index (χ3n) is 3.93. The fourth-order valence-corrected chi connectivity index (χ4v) is 2.69. The zero-order chi connectivity index (χ0) is 11.3. The zero-order valence-corrected chi connectivity index (χ0v) is 10.6. The molecule has 0 bridgehead atoms. The first-order chi connectivity index (χ1) is 7.17. The van der Waals surface area contributed by atoms with E-state index in [0.717, 1.165) is 18.5 Å². The minimum Gasteiger partial charge on any atom is -0.396 e. The van der Waals surface area contributed by atoms with Crippen molar-refractivity contribution in [3.8, 4) is 0 Å². The maximum atomic E-state index is 9.04. The van der Waals surface area contributed by atoms with Crippen molar-refractivity contribution in [3.05, 3.63) is 0 Å². The van der Waals surface area contributed by atoms with Crippen LogP contribution in [-0.4, -0.2) is 36.2 Å². The van der Waals surface area contributed by atoms with Crippen LogP contribution in [0.3, 0.4) is 0 Å². The van der Waals surface area contributed by atoms with Gasteiger partial charge in [-0.3, -0.25) is 0 Å². The first-order valence-corrected chi connectivity index (χ1v) is 6.48. The first kappa shape index (κ1) is 13.0. The third kappa shape index (κ3) is 4.12. The van der Waals surface area contributed by atoms with Gasteiger partial charge in [0.05, 0.1) is 0 Å². The maximum Gasteiger partial charge on any atom is 0.0468 e. The molecule has 0 spiro atoms. The Balaban J connectivity index is 2.26. The molecule has 1 saturated carbocycles. The molecule has 90 valence electrons. The fraction of sp³-hybridized carbons (Fsp3) is 1.00. The molecule has 0 aromatic rings. The van der Waals surface area contributed by atoms with Crippen LogP contribution in [0.2, 0.25) is 0 Å². The molecule has 1 rings (SSSR count). The van der Waals surface area contributed by atoms with Gasteiger partial charge in [0, 0.05) is 19.2 Å². The van der Waals surface area contributed by atoms with E-state index in [9.17, 15) is 0 Å². The molecule has 0 radical (unpaired) electrons. The summed E-state index contributed by atoms with van der Waals surface area (Å²) in [5, 5.41) is 9.04. The van der Waals surface area contributed by atoms with E-state index in [4.69, 9.17) is 5.11 Å². The van der Waals surface area contributed by atoms with Gasteiger partial charge in [0.25, 0.3) is 0 Å². The molecule has 0 heterocycles. The lowest BCUT2D eigenvalue weighted by molar-refractivity contribution is 0.125. The summed E-state index contributed by atoms with van der Waals surface area (Å²) in [5.41, 5.74) is 0. The van der Waals surface area contributed by atoms with Crippen molar-refractivity contribution < 1.29 is 5.11 Å². The second-order valence-corrected chi connectivity index (χ2v) is 5.31. The molecule has 1 atom stereocenters. The van der Waals surface area contributed by atoms with Crippen LogP contribution >= 0.6 is 0 Å². The Kier molecular flexibility index (Phi) is 5.62. The predicted octanol–water partition coefficient (Wildman–Crippen LogP) is 2.52. The van der Waals surface area contributed by atoms with Gasteiger partial charge in [0.1, 0.15) is 0 Å². The molecular formula is C13H27NO. The first-order valence-electron chi connectivity index (χ1n) is 6.48. The molecule has 1 aliphatic rings. The summed E-state index contributed by atoms with van der Waals surface area (Å²) in [4.78, 5) is 2.45. The molecule has 1 unspecified atom stereocenters. The molecule has 1 N–H and O–H groups in total. The summed E-state index contributed by atoms with van der Waals surface area (Å²) in [6.45, 7) is 5.78. The van der Waals surface area contributed by atoms with E-state index < -0.39 is 0 Å². The SMILES string of the molecule is CCC1CCC(N(C)CC(C)CO)CC1. The molecule has 15 heavy (non-hydrogen) atoms. The van der Waals surface area contributed by atoms with Crippen molar-refractivity contribution in [1.29, 1.82) is 0 Å². The molecule has 1 fully saturated rings. The summed E-state index contributed by atoms with van der Waals surface area (Å²) in [5.74, 6) is 1.39. The lowest BCUT2D eigenvalue weighted by Crippen LogP contribution is -2.38. The average molecular weight is 213 g/mol. The van der Waals surface area contributed by atoms with Gasteiger partial charge in [-0.15, -0.1) is 0 Å². The van der Waals surface area contributed by atoms with Crippen molar-refractivity contribution >= 4 is 0 Å². The van der Waals surface area contributed by atoms with Crippen LogP contribution in [0.25, 0.3) is 0 Å². The third-order valence-corrected chi connectivity index (χ3v) is 3.93. The number of hydrogen-bond acceptors (Lipinski definition) is 2. The Morgan fingerprint density at radius 2 is 1.87 bits per heavy atom. The molecule has 2 heteroatoms. The average Bonchev–Trinajstić information content (AvgIpc) is 2.29. The van der Waals surface area contributed by atoms with Crippen LogP contribution in [-0.2, 0) is 0 Å². The highest BCUT2D eigenvalue weighted by atomic mass is 16.3. The normalized spacial score (nSPS) is 29.4. The van der Waals surface area contributed by atoms with Crippen molar-refractivity contribution in [1.82, 2.24) is 4.90 Å². The van der Waals surface area contributed by atoms with E-state index >= 15 is 0 Å². The summed E-state index contributed by atoms with van der Waals surface area (Å²) < 4.78 is 0. The number of rotatable bonds is 5. The smallest absolute Gasteiger partial charge is 0.0468 e. The molecular weight excluding hydrogens is 186 g/mol. The van der Waals surface area contributed by atoms with Gasteiger partial charge < -0.3 is 10.0 Å². The van der Waals surface area contributed by atoms with Gasteiger partial charge in [-0.05, 0) is 44.6 Å².